The number of carbonyl (C=O) groups is 2. The topological polar surface area (TPSA) is 154 Å². The molecule has 0 radical (unpaired) electrons. The maximum Gasteiger partial charge on any atom is 0.272 e. The Kier molecular flexibility index (Phi) is 7.62. The van der Waals surface area contributed by atoms with Gasteiger partial charge in [0.05, 0.1) is 0 Å². The molecule has 2 aliphatic heterocycles. The van der Waals surface area contributed by atoms with Gasteiger partial charge < -0.3 is 25.8 Å². The second-order valence-electron chi connectivity index (χ2n) is 10.8. The van der Waals surface area contributed by atoms with Crippen molar-refractivity contribution in [1.29, 1.82) is 0 Å². The molecule has 0 saturated carbocycles. The van der Waals surface area contributed by atoms with E-state index in [4.69, 9.17) is 0 Å². The van der Waals surface area contributed by atoms with Gasteiger partial charge in [0.25, 0.3) is 11.8 Å². The van der Waals surface area contributed by atoms with Gasteiger partial charge in [-0.25, -0.2) is 24.9 Å². The van der Waals surface area contributed by atoms with Crippen LogP contribution in [-0.4, -0.2) is 77.7 Å². The molecule has 224 valence electrons. The molecule has 2 atom stereocenters. The summed E-state index contributed by atoms with van der Waals surface area (Å²) < 4.78 is 0. The van der Waals surface area contributed by atoms with Crippen molar-refractivity contribution in [3.63, 3.8) is 0 Å². The van der Waals surface area contributed by atoms with Gasteiger partial charge in [-0.2, -0.15) is 4.98 Å². The van der Waals surface area contributed by atoms with Crippen molar-refractivity contribution in [2.75, 3.05) is 42.1 Å². The number of likely N-dealkylation sites (tertiary alicyclic amines) is 2. The third-order valence-corrected chi connectivity index (χ3v) is 7.77. The summed E-state index contributed by atoms with van der Waals surface area (Å²) in [6.45, 7) is 2.21. The van der Waals surface area contributed by atoms with Crippen LogP contribution in [0.25, 0.3) is 0 Å². The minimum Gasteiger partial charge on any atom is -0.337 e. The Balaban J connectivity index is 0.955. The van der Waals surface area contributed by atoms with E-state index in [0.717, 1.165) is 11.4 Å². The van der Waals surface area contributed by atoms with Crippen LogP contribution in [0.5, 0.6) is 0 Å². The smallest absolute Gasteiger partial charge is 0.272 e. The van der Waals surface area contributed by atoms with Gasteiger partial charge in [0.1, 0.15) is 17.2 Å². The summed E-state index contributed by atoms with van der Waals surface area (Å²) in [5, 5.41) is 9.34. The van der Waals surface area contributed by atoms with Crippen LogP contribution in [0.2, 0.25) is 0 Å². The Morgan fingerprint density at radius 3 is 1.44 bits per heavy atom. The van der Waals surface area contributed by atoms with Gasteiger partial charge in [-0.3, -0.25) is 9.59 Å². The summed E-state index contributed by atoms with van der Waals surface area (Å²) in [5.41, 5.74) is 2.33. The van der Waals surface area contributed by atoms with Gasteiger partial charge in [0.15, 0.2) is 0 Å². The lowest BCUT2D eigenvalue weighted by Crippen LogP contribution is -2.36. The average Bonchev–Trinajstić information content (AvgIpc) is 3.66. The van der Waals surface area contributed by atoms with Crippen LogP contribution in [0.3, 0.4) is 0 Å². The first-order valence-corrected chi connectivity index (χ1v) is 14.6. The third-order valence-electron chi connectivity index (χ3n) is 7.77. The number of nitrogens with zero attached hydrogens (tertiary/aromatic N) is 8. The van der Waals surface area contributed by atoms with Crippen molar-refractivity contribution < 1.29 is 9.59 Å². The zero-order valence-corrected chi connectivity index (χ0v) is 24.1. The Bertz CT molecular complexity index is 1810. The van der Waals surface area contributed by atoms with Gasteiger partial charge >= 0.3 is 0 Å². The van der Waals surface area contributed by atoms with E-state index in [-0.39, 0.29) is 35.3 Å². The van der Waals surface area contributed by atoms with Gasteiger partial charge in [-0.1, -0.05) is 36.4 Å². The highest BCUT2D eigenvalue weighted by molar-refractivity contribution is 5.94. The van der Waals surface area contributed by atoms with Gasteiger partial charge in [0.2, 0.25) is 17.8 Å². The van der Waals surface area contributed by atoms with Gasteiger partial charge in [-0.15, -0.1) is 0 Å². The van der Waals surface area contributed by atoms with E-state index < -0.39 is 0 Å². The summed E-state index contributed by atoms with van der Waals surface area (Å²) in [5.74, 6) is 1.57. The highest BCUT2D eigenvalue weighted by Crippen LogP contribution is 2.32. The van der Waals surface area contributed by atoms with Crippen molar-refractivity contribution in [2.45, 2.75) is 0 Å². The van der Waals surface area contributed by atoms with E-state index in [9.17, 15) is 9.59 Å². The SMILES string of the molecule is O=C(c1ccnc(Nc2ccccc2)n1)N1CC2CN(C(=O)c3ccnc(Nc4ccnc(Nc5ccccc5)n4)n3)CC2C1. The first-order chi connectivity index (χ1) is 22.1. The fourth-order valence-corrected chi connectivity index (χ4v) is 5.63. The van der Waals surface area contributed by atoms with Crippen LogP contribution in [0.4, 0.5) is 35.0 Å². The van der Waals surface area contributed by atoms with Gasteiger partial charge in [-0.05, 0) is 42.5 Å². The number of nitrogens with one attached hydrogen (secondary N) is 3. The number of benzene rings is 2. The van der Waals surface area contributed by atoms with Crippen LogP contribution in [-0.2, 0) is 0 Å². The molecule has 7 rings (SSSR count). The molecule has 3 N–H and O–H groups in total. The standard InChI is InChI=1S/C32H29N11O2/c44-28(25-11-14-33-30(38-25)36-23-7-3-1-4-8-23)42-17-21-19-43(20-22(21)18-42)29(45)26-12-15-34-32(39-26)41-27-13-16-35-31(40-27)37-24-9-5-2-6-10-24/h1-16,21-22H,17-20H2,(H,33,36,38)(H2,34,35,37,39,40,41). The predicted octanol–water partition coefficient (Wildman–Crippen LogP) is 4.13. The molecule has 45 heavy (non-hydrogen) atoms. The normalized spacial score (nSPS) is 17.1. The summed E-state index contributed by atoms with van der Waals surface area (Å²) in [6, 6.07) is 24.1. The first kappa shape index (κ1) is 27.8. The number of carbonyl (C=O) groups excluding carboxylic acids is 2. The summed E-state index contributed by atoms with van der Waals surface area (Å²) in [4.78, 5) is 56.5. The van der Waals surface area contributed by atoms with Crippen molar-refractivity contribution >= 4 is 46.9 Å². The molecule has 2 aromatic carbocycles. The molecule has 13 heteroatoms. The van der Waals surface area contributed by atoms with E-state index in [1.165, 1.54) is 0 Å². The van der Waals surface area contributed by atoms with E-state index in [1.807, 2.05) is 70.5 Å². The fourth-order valence-electron chi connectivity index (χ4n) is 5.63. The van der Waals surface area contributed by atoms with Crippen LogP contribution in [0, 0.1) is 11.8 Å². The van der Waals surface area contributed by atoms with Gasteiger partial charge in [0, 0.05) is 68.0 Å². The number of amides is 2. The lowest BCUT2D eigenvalue weighted by Gasteiger charge is -2.21. The molecule has 2 amide bonds. The largest absolute Gasteiger partial charge is 0.337 e. The van der Waals surface area contributed by atoms with Crippen LogP contribution in [0.1, 0.15) is 21.0 Å². The Morgan fingerprint density at radius 2 is 0.956 bits per heavy atom. The Morgan fingerprint density at radius 1 is 0.533 bits per heavy atom. The quantitative estimate of drug-likeness (QED) is 0.236. The highest BCUT2D eigenvalue weighted by Gasteiger charge is 2.43. The monoisotopic (exact) mass is 599 g/mol. The second-order valence-corrected chi connectivity index (χ2v) is 10.8. The first-order valence-electron chi connectivity index (χ1n) is 14.6. The van der Waals surface area contributed by atoms with Crippen molar-refractivity contribution in [2.24, 2.45) is 11.8 Å². The molecule has 0 aliphatic carbocycles. The number of hydrogen-bond donors (Lipinski definition) is 3. The molecule has 2 aliphatic rings. The molecule has 2 unspecified atom stereocenters. The number of hydrogen-bond acceptors (Lipinski definition) is 11. The van der Waals surface area contributed by atoms with Crippen LogP contribution >= 0.6 is 0 Å². The zero-order chi connectivity index (χ0) is 30.6. The molecule has 13 nitrogen and oxygen atoms in total. The number of rotatable bonds is 8. The highest BCUT2D eigenvalue weighted by atomic mass is 16.2. The lowest BCUT2D eigenvalue weighted by molar-refractivity contribution is 0.0732. The maximum atomic E-state index is 13.4. The fraction of sp³-hybridized carbons (Fsp3) is 0.188. The number of fused-ring (bicyclic) bond motifs is 1. The molecule has 2 fully saturated rings. The van der Waals surface area contributed by atoms with Crippen molar-refractivity contribution in [1.82, 2.24) is 39.7 Å². The maximum absolute atomic E-state index is 13.4. The summed E-state index contributed by atoms with van der Waals surface area (Å²) in [7, 11) is 0. The minimum atomic E-state index is -0.172. The number of aromatic nitrogens is 6. The van der Waals surface area contributed by atoms with Crippen molar-refractivity contribution in [3.05, 3.63) is 109 Å². The van der Waals surface area contributed by atoms with Crippen LogP contribution in [0.15, 0.2) is 97.5 Å². The Labute approximate surface area is 258 Å². The van der Waals surface area contributed by atoms with Crippen molar-refractivity contribution in [3.8, 4) is 0 Å². The molecule has 5 heterocycles. The Hall–Kier alpha value is -5.98. The summed E-state index contributed by atoms with van der Waals surface area (Å²) >= 11 is 0. The van der Waals surface area contributed by atoms with E-state index in [0.29, 0.717) is 49.6 Å². The zero-order valence-electron chi connectivity index (χ0n) is 24.1. The molecule has 0 spiro atoms. The minimum absolute atomic E-state index is 0.140. The van der Waals surface area contributed by atoms with E-state index >= 15 is 0 Å². The molecule has 5 aromatic rings. The summed E-state index contributed by atoms with van der Waals surface area (Å²) in [6.07, 6.45) is 4.75. The number of anilines is 6. The lowest BCUT2D eigenvalue weighted by atomic mass is 10.0. The molecular weight excluding hydrogens is 570 g/mol. The van der Waals surface area contributed by atoms with Crippen LogP contribution < -0.4 is 16.0 Å². The molecule has 0 bridgehead atoms. The predicted molar refractivity (Wildman–Crippen MR) is 168 cm³/mol. The number of para-hydroxylation sites is 2. The van der Waals surface area contributed by atoms with E-state index in [2.05, 4.69) is 45.9 Å². The molecular formula is C32H29N11O2. The van der Waals surface area contributed by atoms with E-state index in [1.54, 1.807) is 36.8 Å². The third kappa shape index (κ3) is 6.37. The second kappa shape index (κ2) is 12.3. The molecule has 3 aromatic heterocycles. The molecule has 2 saturated heterocycles. The average molecular weight is 600 g/mol.